The van der Waals surface area contributed by atoms with Gasteiger partial charge in [0.25, 0.3) is 0 Å². The molecule has 3 nitrogen and oxygen atoms in total. The summed E-state index contributed by atoms with van der Waals surface area (Å²) in [6.07, 6.45) is 1.79. The normalized spacial score (nSPS) is 20.3. The highest BCUT2D eigenvalue weighted by Gasteiger charge is 2.26. The van der Waals surface area contributed by atoms with E-state index in [9.17, 15) is 9.18 Å². The van der Waals surface area contributed by atoms with E-state index in [-0.39, 0.29) is 17.7 Å². The van der Waals surface area contributed by atoms with E-state index in [0.717, 1.165) is 23.9 Å². The summed E-state index contributed by atoms with van der Waals surface area (Å²) in [5.41, 5.74) is 0.653. The number of carbonyl (C=O) groups is 1. The topological polar surface area (TPSA) is 29.5 Å². The van der Waals surface area contributed by atoms with E-state index in [2.05, 4.69) is 20.8 Å². The van der Waals surface area contributed by atoms with Crippen LogP contribution >= 0.6 is 15.9 Å². The molecule has 1 aromatic rings. The van der Waals surface area contributed by atoms with Gasteiger partial charge in [-0.25, -0.2) is 4.39 Å². The van der Waals surface area contributed by atoms with E-state index >= 15 is 0 Å². The first-order chi connectivity index (χ1) is 9.10. The number of halogens is 2. The molecule has 0 amide bonds. The molecule has 104 valence electrons. The number of hydrogen-bond acceptors (Lipinski definition) is 3. The molecule has 1 unspecified atom stereocenters. The number of piperidine rings is 1. The zero-order valence-corrected chi connectivity index (χ0v) is 12.5. The lowest BCUT2D eigenvalue weighted by molar-refractivity contribution is -0.147. The van der Waals surface area contributed by atoms with Crippen molar-refractivity contribution < 1.29 is 13.9 Å². The Morgan fingerprint density at radius 1 is 1.58 bits per heavy atom. The van der Waals surface area contributed by atoms with E-state index in [0.29, 0.717) is 18.7 Å². The SMILES string of the molecule is COC(=O)C1CCCN(Cc2cc(Br)ccc2F)C1. The third kappa shape index (κ3) is 3.76. The van der Waals surface area contributed by atoms with Crippen molar-refractivity contribution >= 4 is 21.9 Å². The fraction of sp³-hybridized carbons (Fsp3) is 0.500. The van der Waals surface area contributed by atoms with Crippen LogP contribution in [0, 0.1) is 11.7 Å². The molecule has 1 aliphatic heterocycles. The molecular formula is C14H17BrFNO2. The Labute approximate surface area is 120 Å². The second-order valence-electron chi connectivity index (χ2n) is 4.83. The molecule has 0 aromatic heterocycles. The number of esters is 1. The van der Waals surface area contributed by atoms with Crippen LogP contribution in [-0.4, -0.2) is 31.1 Å². The number of benzene rings is 1. The van der Waals surface area contributed by atoms with Crippen LogP contribution in [0.1, 0.15) is 18.4 Å². The number of rotatable bonds is 3. The Hall–Kier alpha value is -0.940. The lowest BCUT2D eigenvalue weighted by atomic mass is 9.98. The lowest BCUT2D eigenvalue weighted by Crippen LogP contribution is -2.38. The molecule has 1 fully saturated rings. The maximum atomic E-state index is 13.7. The first-order valence-electron chi connectivity index (χ1n) is 6.34. The molecule has 1 saturated heterocycles. The maximum Gasteiger partial charge on any atom is 0.309 e. The standard InChI is InChI=1S/C14H17BrFNO2/c1-19-14(18)10-3-2-6-17(8-10)9-11-7-12(15)4-5-13(11)16/h4-5,7,10H,2-3,6,8-9H2,1H3. The summed E-state index contributed by atoms with van der Waals surface area (Å²) in [6.45, 7) is 2.05. The molecule has 1 aliphatic rings. The minimum Gasteiger partial charge on any atom is -0.469 e. The van der Waals surface area contributed by atoms with Gasteiger partial charge in [0.05, 0.1) is 13.0 Å². The van der Waals surface area contributed by atoms with Crippen LogP contribution in [0.15, 0.2) is 22.7 Å². The van der Waals surface area contributed by atoms with Crippen molar-refractivity contribution in [2.75, 3.05) is 20.2 Å². The molecule has 5 heteroatoms. The lowest BCUT2D eigenvalue weighted by Gasteiger charge is -2.31. The summed E-state index contributed by atoms with van der Waals surface area (Å²) in [5.74, 6) is -0.461. The molecular weight excluding hydrogens is 313 g/mol. The maximum absolute atomic E-state index is 13.7. The summed E-state index contributed by atoms with van der Waals surface area (Å²) < 4.78 is 19.4. The van der Waals surface area contributed by atoms with Gasteiger partial charge >= 0.3 is 5.97 Å². The number of nitrogens with zero attached hydrogens (tertiary/aromatic N) is 1. The number of likely N-dealkylation sites (tertiary alicyclic amines) is 1. The third-order valence-electron chi connectivity index (χ3n) is 3.44. The number of hydrogen-bond donors (Lipinski definition) is 0. The van der Waals surface area contributed by atoms with E-state index in [1.165, 1.54) is 13.2 Å². The number of methoxy groups -OCH3 is 1. The van der Waals surface area contributed by atoms with Crippen molar-refractivity contribution in [3.05, 3.63) is 34.1 Å². The molecule has 1 heterocycles. The second-order valence-corrected chi connectivity index (χ2v) is 5.75. The highest BCUT2D eigenvalue weighted by Crippen LogP contribution is 2.22. The molecule has 0 N–H and O–H groups in total. The summed E-state index contributed by atoms with van der Waals surface area (Å²) in [5, 5.41) is 0. The van der Waals surface area contributed by atoms with E-state index in [1.807, 2.05) is 0 Å². The Kier molecular flexibility index (Phi) is 4.93. The zero-order chi connectivity index (χ0) is 13.8. The first kappa shape index (κ1) is 14.5. The molecule has 0 aliphatic carbocycles. The van der Waals surface area contributed by atoms with Gasteiger partial charge in [-0.05, 0) is 37.6 Å². The van der Waals surface area contributed by atoms with Crippen molar-refractivity contribution in [1.82, 2.24) is 4.90 Å². The molecule has 19 heavy (non-hydrogen) atoms. The van der Waals surface area contributed by atoms with E-state index in [4.69, 9.17) is 4.74 Å². The van der Waals surface area contributed by atoms with Crippen LogP contribution in [0.2, 0.25) is 0 Å². The van der Waals surface area contributed by atoms with Gasteiger partial charge in [0.2, 0.25) is 0 Å². The van der Waals surface area contributed by atoms with Gasteiger partial charge in [-0.15, -0.1) is 0 Å². The van der Waals surface area contributed by atoms with Crippen molar-refractivity contribution in [3.63, 3.8) is 0 Å². The van der Waals surface area contributed by atoms with Gasteiger partial charge < -0.3 is 4.74 Å². The van der Waals surface area contributed by atoms with Crippen molar-refractivity contribution in [2.24, 2.45) is 5.92 Å². The minimum absolute atomic E-state index is 0.0889. The molecule has 0 bridgehead atoms. The van der Waals surface area contributed by atoms with Crippen LogP contribution in [-0.2, 0) is 16.1 Å². The quantitative estimate of drug-likeness (QED) is 0.798. The molecule has 0 spiro atoms. The average Bonchev–Trinajstić information content (AvgIpc) is 2.42. The molecule has 1 atom stereocenters. The van der Waals surface area contributed by atoms with Gasteiger partial charge in [-0.1, -0.05) is 15.9 Å². The predicted molar refractivity (Wildman–Crippen MR) is 74.1 cm³/mol. The number of ether oxygens (including phenoxy) is 1. The summed E-state index contributed by atoms with van der Waals surface area (Å²) in [6, 6.07) is 4.94. The fourth-order valence-electron chi connectivity index (χ4n) is 2.46. The average molecular weight is 330 g/mol. The Bertz CT molecular complexity index is 467. The van der Waals surface area contributed by atoms with Crippen LogP contribution in [0.5, 0.6) is 0 Å². The van der Waals surface area contributed by atoms with Crippen molar-refractivity contribution in [2.45, 2.75) is 19.4 Å². The van der Waals surface area contributed by atoms with Crippen LogP contribution in [0.25, 0.3) is 0 Å². The highest BCUT2D eigenvalue weighted by atomic mass is 79.9. The number of carbonyl (C=O) groups excluding carboxylic acids is 1. The Balaban J connectivity index is 2.02. The summed E-state index contributed by atoms with van der Waals surface area (Å²) in [7, 11) is 1.41. The monoisotopic (exact) mass is 329 g/mol. The highest BCUT2D eigenvalue weighted by molar-refractivity contribution is 9.10. The van der Waals surface area contributed by atoms with Gasteiger partial charge in [-0.2, -0.15) is 0 Å². The summed E-state index contributed by atoms with van der Waals surface area (Å²) >= 11 is 3.35. The zero-order valence-electron chi connectivity index (χ0n) is 10.9. The van der Waals surface area contributed by atoms with Gasteiger partial charge in [0, 0.05) is 23.1 Å². The Morgan fingerprint density at radius 3 is 3.11 bits per heavy atom. The summed E-state index contributed by atoms with van der Waals surface area (Å²) in [4.78, 5) is 13.7. The predicted octanol–water partition coefficient (Wildman–Crippen LogP) is 2.97. The van der Waals surface area contributed by atoms with Gasteiger partial charge in [-0.3, -0.25) is 9.69 Å². The minimum atomic E-state index is -0.205. The molecule has 0 radical (unpaired) electrons. The van der Waals surface area contributed by atoms with Gasteiger partial charge in [0.1, 0.15) is 5.82 Å². The molecule has 2 rings (SSSR count). The third-order valence-corrected chi connectivity index (χ3v) is 3.93. The largest absolute Gasteiger partial charge is 0.469 e. The van der Waals surface area contributed by atoms with Crippen molar-refractivity contribution in [3.8, 4) is 0 Å². The Morgan fingerprint density at radius 2 is 2.37 bits per heavy atom. The fourth-order valence-corrected chi connectivity index (χ4v) is 2.87. The van der Waals surface area contributed by atoms with Crippen LogP contribution in [0.4, 0.5) is 4.39 Å². The second kappa shape index (κ2) is 6.48. The van der Waals surface area contributed by atoms with E-state index in [1.54, 1.807) is 12.1 Å². The van der Waals surface area contributed by atoms with Crippen LogP contribution in [0.3, 0.4) is 0 Å². The van der Waals surface area contributed by atoms with E-state index < -0.39 is 0 Å². The first-order valence-corrected chi connectivity index (χ1v) is 7.13. The smallest absolute Gasteiger partial charge is 0.309 e. The van der Waals surface area contributed by atoms with Crippen LogP contribution < -0.4 is 0 Å². The van der Waals surface area contributed by atoms with Crippen molar-refractivity contribution in [1.29, 1.82) is 0 Å². The molecule has 0 saturated carbocycles. The molecule has 1 aromatic carbocycles. The van der Waals surface area contributed by atoms with Gasteiger partial charge in [0.15, 0.2) is 0 Å².